The second kappa shape index (κ2) is 5.67. The van der Waals surface area contributed by atoms with Gasteiger partial charge in [-0.3, -0.25) is 4.79 Å². The summed E-state index contributed by atoms with van der Waals surface area (Å²) in [6.45, 7) is 4.73. The molecule has 0 unspecified atom stereocenters. The number of thioether (sulfide) groups is 1. The average Bonchev–Trinajstić information content (AvgIpc) is 3.19. The number of rotatable bonds is 4. The molecule has 1 aliphatic carbocycles. The number of nitrogens with zero attached hydrogens (tertiary/aromatic N) is 4. The normalized spacial score (nSPS) is 18.1. The van der Waals surface area contributed by atoms with Gasteiger partial charge in [-0.15, -0.1) is 10.2 Å². The molecule has 1 fully saturated rings. The van der Waals surface area contributed by atoms with E-state index < -0.39 is 0 Å². The van der Waals surface area contributed by atoms with Gasteiger partial charge in [-0.1, -0.05) is 30.0 Å². The summed E-state index contributed by atoms with van der Waals surface area (Å²) in [5.74, 6) is 1.10. The van der Waals surface area contributed by atoms with Crippen LogP contribution in [0.3, 0.4) is 0 Å². The van der Waals surface area contributed by atoms with Crippen LogP contribution in [0.5, 0.6) is 0 Å². The molecule has 2 aliphatic rings. The molecule has 120 valence electrons. The quantitative estimate of drug-likeness (QED) is 0.810. The first-order valence-electron chi connectivity index (χ1n) is 8.12. The zero-order valence-corrected chi connectivity index (χ0v) is 14.2. The van der Waals surface area contributed by atoms with E-state index >= 15 is 0 Å². The molecule has 0 bridgehead atoms. The number of para-hydroxylation sites is 1. The van der Waals surface area contributed by atoms with Gasteiger partial charge in [0.05, 0.1) is 5.25 Å². The Morgan fingerprint density at radius 3 is 2.87 bits per heavy atom. The largest absolute Gasteiger partial charge is 0.311 e. The van der Waals surface area contributed by atoms with E-state index in [9.17, 15) is 4.79 Å². The lowest BCUT2D eigenvalue weighted by molar-refractivity contribution is -0.117. The van der Waals surface area contributed by atoms with Crippen LogP contribution >= 0.6 is 11.8 Å². The molecule has 0 N–H and O–H groups in total. The minimum Gasteiger partial charge on any atom is -0.311 e. The van der Waals surface area contributed by atoms with E-state index in [0.717, 1.165) is 29.6 Å². The summed E-state index contributed by atoms with van der Waals surface area (Å²) in [6, 6.07) is 8.70. The molecule has 2 aromatic rings. The van der Waals surface area contributed by atoms with E-state index in [1.807, 2.05) is 36.9 Å². The number of amides is 1. The first-order valence-corrected chi connectivity index (χ1v) is 9.00. The third-order valence-electron chi connectivity index (χ3n) is 4.53. The van der Waals surface area contributed by atoms with Crippen molar-refractivity contribution in [3.8, 4) is 0 Å². The predicted octanol–water partition coefficient (Wildman–Crippen LogP) is 2.99. The molecular weight excluding hydrogens is 308 g/mol. The standard InChI is InChI=1S/C17H20N4OS/c1-11(23-17-19-18-12(2)21(17)14-7-8-14)16(22)20-10-9-13-5-3-4-6-15(13)20/h3-6,11,14H,7-10H2,1-2H3/t11-/m0/s1. The molecule has 1 saturated carbocycles. The Balaban J connectivity index is 1.52. The summed E-state index contributed by atoms with van der Waals surface area (Å²) < 4.78 is 2.19. The van der Waals surface area contributed by atoms with E-state index in [1.165, 1.54) is 30.2 Å². The average molecular weight is 328 g/mol. The Labute approximate surface area is 140 Å². The monoisotopic (exact) mass is 328 g/mol. The number of aromatic nitrogens is 3. The van der Waals surface area contributed by atoms with Gasteiger partial charge in [0, 0.05) is 18.3 Å². The van der Waals surface area contributed by atoms with Crippen LogP contribution in [0.15, 0.2) is 29.4 Å². The number of carbonyl (C=O) groups excluding carboxylic acids is 1. The molecule has 4 rings (SSSR count). The van der Waals surface area contributed by atoms with Gasteiger partial charge in [0.25, 0.3) is 0 Å². The molecular formula is C17H20N4OS. The van der Waals surface area contributed by atoms with Crippen molar-refractivity contribution in [1.82, 2.24) is 14.8 Å². The molecule has 23 heavy (non-hydrogen) atoms. The van der Waals surface area contributed by atoms with Gasteiger partial charge in [-0.2, -0.15) is 0 Å². The van der Waals surface area contributed by atoms with Crippen molar-refractivity contribution in [2.24, 2.45) is 0 Å². The van der Waals surface area contributed by atoms with Crippen LogP contribution in [0.25, 0.3) is 0 Å². The fourth-order valence-corrected chi connectivity index (χ4v) is 4.21. The van der Waals surface area contributed by atoms with Gasteiger partial charge in [0.15, 0.2) is 5.16 Å². The summed E-state index contributed by atoms with van der Waals surface area (Å²) in [4.78, 5) is 14.8. The highest BCUT2D eigenvalue weighted by Gasteiger charge is 2.32. The summed E-state index contributed by atoms with van der Waals surface area (Å²) in [6.07, 6.45) is 3.32. The maximum atomic E-state index is 12.9. The number of hydrogen-bond donors (Lipinski definition) is 0. The predicted molar refractivity (Wildman–Crippen MR) is 90.8 cm³/mol. The van der Waals surface area contributed by atoms with Crippen molar-refractivity contribution in [2.75, 3.05) is 11.4 Å². The lowest BCUT2D eigenvalue weighted by Gasteiger charge is -2.21. The molecule has 1 atom stereocenters. The van der Waals surface area contributed by atoms with Gasteiger partial charge in [0.1, 0.15) is 5.82 Å². The molecule has 6 heteroatoms. The number of anilines is 1. The first kappa shape index (κ1) is 14.8. The third kappa shape index (κ3) is 2.65. The summed E-state index contributed by atoms with van der Waals surface area (Å²) in [5, 5.41) is 9.18. The van der Waals surface area contributed by atoms with Crippen molar-refractivity contribution in [3.05, 3.63) is 35.7 Å². The smallest absolute Gasteiger partial charge is 0.240 e. The Kier molecular flexibility index (Phi) is 3.64. The molecule has 1 aromatic heterocycles. The molecule has 0 spiro atoms. The van der Waals surface area contributed by atoms with Gasteiger partial charge in [-0.05, 0) is 44.7 Å². The van der Waals surface area contributed by atoms with Gasteiger partial charge >= 0.3 is 0 Å². The molecule has 5 nitrogen and oxygen atoms in total. The van der Waals surface area contributed by atoms with Crippen LogP contribution in [0.2, 0.25) is 0 Å². The van der Waals surface area contributed by atoms with Gasteiger partial charge in [0.2, 0.25) is 5.91 Å². The fraction of sp³-hybridized carbons (Fsp3) is 0.471. The Morgan fingerprint density at radius 1 is 1.30 bits per heavy atom. The topological polar surface area (TPSA) is 51.0 Å². The Bertz CT molecular complexity index is 753. The summed E-state index contributed by atoms with van der Waals surface area (Å²) in [5.41, 5.74) is 2.32. The molecule has 1 aliphatic heterocycles. The number of hydrogen-bond acceptors (Lipinski definition) is 4. The maximum Gasteiger partial charge on any atom is 0.240 e. The third-order valence-corrected chi connectivity index (χ3v) is 5.57. The second-order valence-corrected chi connectivity index (χ2v) is 7.57. The fourth-order valence-electron chi connectivity index (χ4n) is 3.18. The highest BCUT2D eigenvalue weighted by molar-refractivity contribution is 8.00. The maximum absolute atomic E-state index is 12.9. The lowest BCUT2D eigenvalue weighted by Crippen LogP contribution is -2.35. The van der Waals surface area contributed by atoms with Crippen LogP contribution in [0.1, 0.15) is 37.2 Å². The zero-order chi connectivity index (χ0) is 16.0. The molecule has 2 heterocycles. The number of benzene rings is 1. The van der Waals surface area contributed by atoms with E-state index in [1.54, 1.807) is 0 Å². The number of fused-ring (bicyclic) bond motifs is 1. The van der Waals surface area contributed by atoms with Gasteiger partial charge in [-0.25, -0.2) is 0 Å². The Hall–Kier alpha value is -1.82. The van der Waals surface area contributed by atoms with Crippen molar-refractivity contribution < 1.29 is 4.79 Å². The first-order chi connectivity index (χ1) is 11.1. The Morgan fingerprint density at radius 2 is 2.09 bits per heavy atom. The van der Waals surface area contributed by atoms with Crippen LogP contribution in [-0.2, 0) is 11.2 Å². The molecule has 0 radical (unpaired) electrons. The molecule has 1 amide bonds. The van der Waals surface area contributed by atoms with E-state index in [0.29, 0.717) is 6.04 Å². The van der Waals surface area contributed by atoms with E-state index in [4.69, 9.17) is 0 Å². The highest BCUT2D eigenvalue weighted by atomic mass is 32.2. The highest BCUT2D eigenvalue weighted by Crippen LogP contribution is 2.39. The second-order valence-electron chi connectivity index (χ2n) is 6.26. The molecule has 0 saturated heterocycles. The van der Waals surface area contributed by atoms with E-state index in [-0.39, 0.29) is 11.2 Å². The lowest BCUT2D eigenvalue weighted by atomic mass is 10.2. The molecule has 1 aromatic carbocycles. The van der Waals surface area contributed by atoms with Crippen molar-refractivity contribution in [3.63, 3.8) is 0 Å². The van der Waals surface area contributed by atoms with Gasteiger partial charge < -0.3 is 9.47 Å². The minimum atomic E-state index is -0.165. The summed E-state index contributed by atoms with van der Waals surface area (Å²) >= 11 is 1.53. The van der Waals surface area contributed by atoms with Crippen LogP contribution in [-0.4, -0.2) is 32.5 Å². The summed E-state index contributed by atoms with van der Waals surface area (Å²) in [7, 11) is 0. The van der Waals surface area contributed by atoms with Crippen molar-refractivity contribution in [1.29, 1.82) is 0 Å². The van der Waals surface area contributed by atoms with Crippen LogP contribution in [0, 0.1) is 6.92 Å². The van der Waals surface area contributed by atoms with E-state index in [2.05, 4.69) is 20.8 Å². The van der Waals surface area contributed by atoms with Crippen LogP contribution < -0.4 is 4.90 Å². The zero-order valence-electron chi connectivity index (χ0n) is 13.4. The van der Waals surface area contributed by atoms with Crippen LogP contribution in [0.4, 0.5) is 5.69 Å². The number of aryl methyl sites for hydroxylation is 1. The minimum absolute atomic E-state index is 0.156. The van der Waals surface area contributed by atoms with Crippen molar-refractivity contribution in [2.45, 2.75) is 49.6 Å². The number of carbonyl (C=O) groups is 1. The van der Waals surface area contributed by atoms with Crippen molar-refractivity contribution >= 4 is 23.4 Å². The SMILES string of the molecule is Cc1nnc(S[C@@H](C)C(=O)N2CCc3ccccc32)n1C1CC1.